The van der Waals surface area contributed by atoms with Gasteiger partial charge in [0.2, 0.25) is 0 Å². The number of unbranched alkanes of at least 4 members (excludes halogenated alkanes) is 29. The third-order valence-electron chi connectivity index (χ3n) is 14.5. The number of rotatable bonds is 62. The molecule has 0 aromatic rings. The molecule has 0 aromatic heterocycles. The van der Waals surface area contributed by atoms with Gasteiger partial charge in [-0.25, -0.2) is 0 Å². The fraction of sp³-hybridized carbons (Fsp3) is 0.716. The van der Waals surface area contributed by atoms with Crippen LogP contribution in [0.5, 0.6) is 0 Å². The van der Waals surface area contributed by atoms with E-state index in [-0.39, 0.29) is 38.6 Å². The summed E-state index contributed by atoms with van der Waals surface area (Å²) in [6.07, 6.45) is 86.4. The number of esters is 2. The zero-order valence-corrected chi connectivity index (χ0v) is 54.3. The molecule has 0 rings (SSSR count). The number of quaternary nitrogens is 1. The number of carboxylic acid groups (broad SMARTS) is 1. The van der Waals surface area contributed by atoms with Crippen LogP contribution in [0.25, 0.3) is 0 Å². The van der Waals surface area contributed by atoms with Crippen LogP contribution in [0.1, 0.15) is 284 Å². The van der Waals surface area contributed by atoms with E-state index in [9.17, 15) is 19.5 Å². The Balaban J connectivity index is 3.97. The van der Waals surface area contributed by atoms with E-state index in [0.29, 0.717) is 23.9 Å². The molecule has 0 aromatic carbocycles. The van der Waals surface area contributed by atoms with Crippen LogP contribution in [0.2, 0.25) is 0 Å². The zero-order valence-electron chi connectivity index (χ0n) is 54.3. The fourth-order valence-electron chi connectivity index (χ4n) is 9.39. The first-order valence-electron chi connectivity index (χ1n) is 34.0. The first kappa shape index (κ1) is 79.0. The van der Waals surface area contributed by atoms with E-state index in [0.717, 1.165) is 77.0 Å². The van der Waals surface area contributed by atoms with Gasteiger partial charge < -0.3 is 33.3 Å². The van der Waals surface area contributed by atoms with Gasteiger partial charge in [0.25, 0.3) is 0 Å². The smallest absolute Gasteiger partial charge is 0.306 e. The van der Waals surface area contributed by atoms with Crippen molar-refractivity contribution in [3.8, 4) is 0 Å². The topological polar surface area (TPSA) is 111 Å². The normalized spacial score (nSPS) is 13.4. The molecule has 0 saturated carbocycles. The standard InChI is InChI=1S/C74H127NO8/c1-6-8-10-12-14-16-18-20-22-24-25-26-27-28-29-30-31-32-33-34-35-36-37-38-39-40-41-42-43-44-45-46-47-49-50-52-54-56-58-60-62-64-71(76)81-68-70(69-82-74(73(78)79)80-67-66-75(3,4)5)83-72(77)65-63-61-59-57-55-53-51-48-23-21-19-17-15-13-11-9-7-2/h8-11,14-17,20-23,25-26,51,53,57,59,70,74H,6-7,12-13,18-19,24,27-50,52,54-56,58,60-69H2,1-5H3/b10-8-,11-9-,16-14-,17-15-,22-20-,23-21-,26-25-,53-51-,59-57-. The number of carbonyl (C=O) groups excluding carboxylic acids is 3. The average Bonchev–Trinajstić information content (AvgIpc) is 3.46. The van der Waals surface area contributed by atoms with Gasteiger partial charge in [-0.15, -0.1) is 0 Å². The van der Waals surface area contributed by atoms with E-state index < -0.39 is 24.3 Å². The first-order chi connectivity index (χ1) is 40.6. The lowest BCUT2D eigenvalue weighted by molar-refractivity contribution is -0.870. The summed E-state index contributed by atoms with van der Waals surface area (Å²) in [6, 6.07) is 0. The summed E-state index contributed by atoms with van der Waals surface area (Å²) in [5, 5.41) is 11.8. The lowest BCUT2D eigenvalue weighted by atomic mass is 10.0. The van der Waals surface area contributed by atoms with E-state index in [4.69, 9.17) is 18.9 Å². The summed E-state index contributed by atoms with van der Waals surface area (Å²) in [5.41, 5.74) is 0. The van der Waals surface area contributed by atoms with E-state index in [1.54, 1.807) is 0 Å². The highest BCUT2D eigenvalue weighted by molar-refractivity contribution is 5.70. The molecule has 9 heteroatoms. The Labute approximate surface area is 511 Å². The van der Waals surface area contributed by atoms with Crippen molar-refractivity contribution in [3.63, 3.8) is 0 Å². The molecule has 0 fully saturated rings. The van der Waals surface area contributed by atoms with E-state index >= 15 is 0 Å². The zero-order chi connectivity index (χ0) is 60.5. The van der Waals surface area contributed by atoms with Crippen LogP contribution in [0.4, 0.5) is 0 Å². The summed E-state index contributed by atoms with van der Waals surface area (Å²) in [5.74, 6) is -2.36. The molecule has 0 amide bonds. The minimum atomic E-state index is -1.64. The third-order valence-corrected chi connectivity index (χ3v) is 14.5. The molecule has 0 aliphatic carbocycles. The van der Waals surface area contributed by atoms with Crippen molar-refractivity contribution in [2.24, 2.45) is 0 Å². The van der Waals surface area contributed by atoms with Crippen molar-refractivity contribution in [3.05, 3.63) is 109 Å². The van der Waals surface area contributed by atoms with Crippen molar-refractivity contribution < 1.29 is 42.9 Å². The Morgan fingerprint density at radius 2 is 0.663 bits per heavy atom. The van der Waals surface area contributed by atoms with Crippen LogP contribution >= 0.6 is 0 Å². The molecule has 0 aliphatic rings. The van der Waals surface area contributed by atoms with Gasteiger partial charge in [0.1, 0.15) is 13.2 Å². The second-order valence-electron chi connectivity index (χ2n) is 23.7. The molecular formula is C74H127NO8. The Bertz CT molecular complexity index is 1730. The Kier molecular flexibility index (Phi) is 60.8. The maximum absolute atomic E-state index is 12.8. The van der Waals surface area contributed by atoms with E-state index in [1.807, 2.05) is 21.1 Å². The van der Waals surface area contributed by atoms with Crippen molar-refractivity contribution in [1.82, 2.24) is 0 Å². The number of carboxylic acids is 1. The quantitative estimate of drug-likeness (QED) is 0.0195. The minimum absolute atomic E-state index is 0.134. The molecule has 0 saturated heterocycles. The van der Waals surface area contributed by atoms with Crippen LogP contribution in [0.15, 0.2) is 109 Å². The molecule has 0 aliphatic heterocycles. The van der Waals surface area contributed by atoms with Crippen LogP contribution in [0.3, 0.4) is 0 Å². The van der Waals surface area contributed by atoms with Gasteiger partial charge in [0.05, 0.1) is 40.3 Å². The van der Waals surface area contributed by atoms with Crippen molar-refractivity contribution in [2.75, 3.05) is 47.5 Å². The van der Waals surface area contributed by atoms with E-state index in [2.05, 4.69) is 123 Å². The van der Waals surface area contributed by atoms with Gasteiger partial charge in [-0.2, -0.15) is 0 Å². The second kappa shape index (κ2) is 64.0. The molecule has 2 unspecified atom stereocenters. The van der Waals surface area contributed by atoms with Gasteiger partial charge in [-0.05, 0) is 89.9 Å². The Hall–Kier alpha value is -4.05. The van der Waals surface area contributed by atoms with Crippen LogP contribution in [-0.2, 0) is 33.3 Å². The minimum Gasteiger partial charge on any atom is -0.545 e. The highest BCUT2D eigenvalue weighted by Crippen LogP contribution is 2.18. The molecule has 476 valence electrons. The van der Waals surface area contributed by atoms with Crippen LogP contribution in [-0.4, -0.2) is 82.3 Å². The number of likely N-dealkylation sites (N-methyl/N-ethyl adjacent to an activating group) is 1. The summed E-state index contributed by atoms with van der Waals surface area (Å²) >= 11 is 0. The Morgan fingerprint density at radius 1 is 0.361 bits per heavy atom. The average molecular weight is 1160 g/mol. The SMILES string of the molecule is CC/C=C\C/C=C\C/C=C\C/C=C\C/C=C\CCCC(=O)OC(COC(=O)CCCCCCCCCCCCCCCCCCCCCCCCCCCCCC/C=C\C/C=C\C/C=C\C/C=C\CC)COC(OCC[N+](C)(C)C)C(=O)[O-]. The maximum Gasteiger partial charge on any atom is 0.306 e. The van der Waals surface area contributed by atoms with Crippen molar-refractivity contribution in [2.45, 2.75) is 296 Å². The fourth-order valence-corrected chi connectivity index (χ4v) is 9.39. The summed E-state index contributed by atoms with van der Waals surface area (Å²) in [4.78, 5) is 37.3. The molecule has 9 nitrogen and oxygen atoms in total. The number of hydrogen-bond donors (Lipinski definition) is 0. The molecule has 0 N–H and O–H groups in total. The number of ether oxygens (including phenoxy) is 4. The highest BCUT2D eigenvalue weighted by Gasteiger charge is 2.22. The second-order valence-corrected chi connectivity index (χ2v) is 23.7. The number of nitrogens with zero attached hydrogens (tertiary/aromatic N) is 1. The first-order valence-corrected chi connectivity index (χ1v) is 34.0. The molecule has 0 bridgehead atoms. The number of hydrogen-bond acceptors (Lipinski definition) is 8. The molecule has 0 heterocycles. The van der Waals surface area contributed by atoms with E-state index in [1.165, 1.54) is 167 Å². The van der Waals surface area contributed by atoms with Gasteiger partial charge >= 0.3 is 11.9 Å². The maximum atomic E-state index is 12.8. The van der Waals surface area contributed by atoms with Crippen LogP contribution in [0, 0.1) is 0 Å². The predicted molar refractivity (Wildman–Crippen MR) is 352 cm³/mol. The van der Waals surface area contributed by atoms with Crippen molar-refractivity contribution in [1.29, 1.82) is 0 Å². The van der Waals surface area contributed by atoms with Crippen molar-refractivity contribution >= 4 is 17.9 Å². The number of carbonyl (C=O) groups is 3. The largest absolute Gasteiger partial charge is 0.545 e. The number of aliphatic carboxylic acids is 1. The van der Waals surface area contributed by atoms with Gasteiger partial charge in [-0.1, -0.05) is 290 Å². The van der Waals surface area contributed by atoms with Crippen LogP contribution < -0.4 is 5.11 Å². The number of allylic oxidation sites excluding steroid dienone is 18. The van der Waals surface area contributed by atoms with Gasteiger partial charge in [0.15, 0.2) is 12.4 Å². The Morgan fingerprint density at radius 3 is 1.00 bits per heavy atom. The molecule has 0 spiro atoms. The predicted octanol–water partition coefficient (Wildman–Crippen LogP) is 19.7. The molecule has 2 atom stereocenters. The molecule has 83 heavy (non-hydrogen) atoms. The summed E-state index contributed by atoms with van der Waals surface area (Å²) in [6.45, 7) is 4.47. The monoisotopic (exact) mass is 1160 g/mol. The lowest BCUT2D eigenvalue weighted by Gasteiger charge is -2.26. The highest BCUT2D eigenvalue weighted by atomic mass is 16.7. The summed E-state index contributed by atoms with van der Waals surface area (Å²) in [7, 11) is 5.90. The third kappa shape index (κ3) is 65.3. The lowest BCUT2D eigenvalue weighted by Crippen LogP contribution is -2.44. The molecule has 0 radical (unpaired) electrons. The van der Waals surface area contributed by atoms with Gasteiger partial charge in [-0.3, -0.25) is 9.59 Å². The summed E-state index contributed by atoms with van der Waals surface area (Å²) < 4.78 is 22.7. The molecular weight excluding hydrogens is 1030 g/mol. The van der Waals surface area contributed by atoms with Gasteiger partial charge in [0, 0.05) is 12.8 Å².